The largest absolute Gasteiger partial charge is 0.394 e. The van der Waals surface area contributed by atoms with Crippen molar-refractivity contribution in [2.24, 2.45) is 5.41 Å². The van der Waals surface area contributed by atoms with Gasteiger partial charge < -0.3 is 15.3 Å². The summed E-state index contributed by atoms with van der Waals surface area (Å²) in [6.07, 6.45) is 4.95. The lowest BCUT2D eigenvalue weighted by molar-refractivity contribution is 0.153. The first-order valence-corrected chi connectivity index (χ1v) is 7.05. The molecule has 1 saturated heterocycles. The fourth-order valence-corrected chi connectivity index (χ4v) is 2.73. The molecule has 1 rings (SSSR count). The molecule has 1 heterocycles. The highest BCUT2D eigenvalue weighted by Crippen LogP contribution is 2.37. The fraction of sp³-hybridized carbons (Fsp3) is 1.00. The number of hydrogen-bond acceptors (Lipinski definition) is 3. The van der Waals surface area contributed by atoms with Gasteiger partial charge in [0.2, 0.25) is 0 Å². The van der Waals surface area contributed by atoms with Crippen LogP contribution in [0.15, 0.2) is 0 Å². The summed E-state index contributed by atoms with van der Waals surface area (Å²) < 4.78 is 0. The van der Waals surface area contributed by atoms with Gasteiger partial charge in [0.15, 0.2) is 0 Å². The van der Waals surface area contributed by atoms with Crippen LogP contribution >= 0.6 is 0 Å². The Morgan fingerprint density at radius 1 is 1.35 bits per heavy atom. The Bertz CT molecular complexity index is 222. The van der Waals surface area contributed by atoms with Gasteiger partial charge >= 0.3 is 0 Å². The van der Waals surface area contributed by atoms with Crippen molar-refractivity contribution < 1.29 is 5.11 Å². The Kier molecular flexibility index (Phi) is 5.42. The zero-order chi connectivity index (χ0) is 12.9. The number of aliphatic hydroxyl groups is 1. The van der Waals surface area contributed by atoms with Crippen LogP contribution < -0.4 is 5.32 Å². The van der Waals surface area contributed by atoms with Gasteiger partial charge in [-0.2, -0.15) is 0 Å². The number of nitrogens with one attached hydrogen (secondary N) is 1. The van der Waals surface area contributed by atoms with Crippen LogP contribution in [0, 0.1) is 5.41 Å². The Hall–Kier alpha value is -0.120. The molecule has 3 heteroatoms. The normalized spacial score (nSPS) is 23.8. The summed E-state index contributed by atoms with van der Waals surface area (Å²) >= 11 is 0. The lowest BCUT2D eigenvalue weighted by Gasteiger charge is -2.30. The van der Waals surface area contributed by atoms with Gasteiger partial charge in [0.25, 0.3) is 0 Å². The summed E-state index contributed by atoms with van der Waals surface area (Å²) in [4.78, 5) is 2.57. The average Bonchev–Trinajstić information content (AvgIpc) is 2.80. The lowest BCUT2D eigenvalue weighted by Crippen LogP contribution is -2.46. The molecule has 0 aromatic carbocycles. The third-order valence-electron chi connectivity index (χ3n) is 4.95. The van der Waals surface area contributed by atoms with Crippen LogP contribution in [0.4, 0.5) is 0 Å². The van der Waals surface area contributed by atoms with Crippen molar-refractivity contribution in [3.05, 3.63) is 0 Å². The first-order chi connectivity index (χ1) is 8.03. The van der Waals surface area contributed by atoms with Crippen molar-refractivity contribution in [1.29, 1.82) is 0 Å². The minimum absolute atomic E-state index is 0.121. The fourth-order valence-electron chi connectivity index (χ4n) is 2.73. The van der Waals surface area contributed by atoms with Crippen molar-refractivity contribution in [3.63, 3.8) is 0 Å². The van der Waals surface area contributed by atoms with E-state index in [1.807, 2.05) is 7.05 Å². The highest BCUT2D eigenvalue weighted by molar-refractivity contribution is 4.90. The summed E-state index contributed by atoms with van der Waals surface area (Å²) in [6.45, 7) is 10.5. The van der Waals surface area contributed by atoms with E-state index >= 15 is 0 Å². The second-order valence-corrected chi connectivity index (χ2v) is 5.95. The van der Waals surface area contributed by atoms with Crippen LogP contribution in [0.5, 0.6) is 0 Å². The highest BCUT2D eigenvalue weighted by Gasteiger charge is 2.35. The molecule has 17 heavy (non-hydrogen) atoms. The third-order valence-corrected chi connectivity index (χ3v) is 4.95. The number of aliphatic hydroxyl groups excluding tert-OH is 1. The minimum Gasteiger partial charge on any atom is -0.394 e. The lowest BCUT2D eigenvalue weighted by atomic mass is 9.82. The first-order valence-electron chi connectivity index (χ1n) is 7.05. The van der Waals surface area contributed by atoms with E-state index in [9.17, 15) is 5.11 Å². The van der Waals surface area contributed by atoms with Gasteiger partial charge in [-0.25, -0.2) is 0 Å². The molecule has 1 aliphatic rings. The molecule has 0 spiro atoms. The Balaban J connectivity index is 2.40. The number of nitrogens with zero attached hydrogens (tertiary/aromatic N) is 1. The quantitative estimate of drug-likeness (QED) is 0.715. The van der Waals surface area contributed by atoms with Gasteiger partial charge in [0.05, 0.1) is 6.61 Å². The molecule has 0 amide bonds. The molecule has 0 bridgehead atoms. The molecular formula is C14H30N2O. The summed E-state index contributed by atoms with van der Waals surface area (Å²) in [5.41, 5.74) is 0.443. The molecule has 2 N–H and O–H groups in total. The van der Waals surface area contributed by atoms with Crippen molar-refractivity contribution >= 4 is 0 Å². The van der Waals surface area contributed by atoms with Gasteiger partial charge in [0.1, 0.15) is 0 Å². The van der Waals surface area contributed by atoms with E-state index in [4.69, 9.17) is 0 Å². The molecule has 0 radical (unpaired) electrons. The maximum absolute atomic E-state index is 9.37. The average molecular weight is 242 g/mol. The topological polar surface area (TPSA) is 35.5 Å². The second kappa shape index (κ2) is 6.17. The number of likely N-dealkylation sites (N-methyl/N-ethyl adjacent to an activating group) is 1. The zero-order valence-electron chi connectivity index (χ0n) is 12.1. The van der Waals surface area contributed by atoms with Crippen molar-refractivity contribution in [2.75, 3.05) is 33.3 Å². The van der Waals surface area contributed by atoms with Crippen LogP contribution in [0.3, 0.4) is 0 Å². The Morgan fingerprint density at radius 3 is 2.41 bits per heavy atom. The Labute approximate surface area is 107 Å². The molecule has 1 aliphatic heterocycles. The molecule has 0 aromatic heterocycles. The van der Waals surface area contributed by atoms with E-state index in [-0.39, 0.29) is 12.1 Å². The maximum Gasteiger partial charge on any atom is 0.0610 e. The Morgan fingerprint density at radius 2 is 2.00 bits per heavy atom. The smallest absolute Gasteiger partial charge is 0.0610 e. The number of likely N-dealkylation sites (tertiary alicyclic amines) is 1. The van der Waals surface area contributed by atoms with Gasteiger partial charge in [-0.15, -0.1) is 0 Å². The molecule has 3 nitrogen and oxygen atoms in total. The molecule has 102 valence electrons. The van der Waals surface area contributed by atoms with Crippen LogP contribution in [-0.2, 0) is 0 Å². The third kappa shape index (κ3) is 3.67. The van der Waals surface area contributed by atoms with Crippen LogP contribution in [-0.4, -0.2) is 48.8 Å². The SMILES string of the molecule is CCC1(CC)CCN(CCC(C)(CO)NC)C1. The number of rotatable bonds is 7. The monoisotopic (exact) mass is 242 g/mol. The van der Waals surface area contributed by atoms with E-state index in [0.29, 0.717) is 5.41 Å². The molecule has 0 aromatic rings. The minimum atomic E-state index is -0.121. The van der Waals surface area contributed by atoms with Crippen molar-refractivity contribution in [1.82, 2.24) is 10.2 Å². The highest BCUT2D eigenvalue weighted by atomic mass is 16.3. The first kappa shape index (κ1) is 14.9. The number of hydrogen-bond donors (Lipinski definition) is 2. The molecule has 0 aliphatic carbocycles. The van der Waals surface area contributed by atoms with Crippen LogP contribution in [0.25, 0.3) is 0 Å². The summed E-state index contributed by atoms with van der Waals surface area (Å²) in [7, 11) is 1.93. The summed E-state index contributed by atoms with van der Waals surface area (Å²) in [5.74, 6) is 0. The van der Waals surface area contributed by atoms with Crippen LogP contribution in [0.2, 0.25) is 0 Å². The predicted octanol–water partition coefficient (Wildman–Crippen LogP) is 1.86. The van der Waals surface area contributed by atoms with Gasteiger partial charge in [0, 0.05) is 12.1 Å². The maximum atomic E-state index is 9.37. The van der Waals surface area contributed by atoms with E-state index in [1.54, 1.807) is 0 Å². The summed E-state index contributed by atoms with van der Waals surface area (Å²) in [5, 5.41) is 12.6. The van der Waals surface area contributed by atoms with Gasteiger partial charge in [-0.05, 0) is 58.2 Å². The van der Waals surface area contributed by atoms with E-state index < -0.39 is 0 Å². The molecule has 1 unspecified atom stereocenters. The van der Waals surface area contributed by atoms with Gasteiger partial charge in [-0.3, -0.25) is 0 Å². The van der Waals surface area contributed by atoms with Crippen molar-refractivity contribution in [2.45, 2.75) is 52.0 Å². The van der Waals surface area contributed by atoms with E-state index in [1.165, 1.54) is 32.4 Å². The van der Waals surface area contributed by atoms with Crippen LogP contribution in [0.1, 0.15) is 46.5 Å². The van der Waals surface area contributed by atoms with Gasteiger partial charge in [-0.1, -0.05) is 13.8 Å². The predicted molar refractivity (Wildman–Crippen MR) is 73.2 cm³/mol. The molecule has 1 fully saturated rings. The van der Waals surface area contributed by atoms with E-state index in [0.717, 1.165) is 13.0 Å². The molecule has 0 saturated carbocycles. The second-order valence-electron chi connectivity index (χ2n) is 5.95. The summed E-state index contributed by atoms with van der Waals surface area (Å²) in [6, 6.07) is 0. The molecular weight excluding hydrogens is 212 g/mol. The zero-order valence-corrected chi connectivity index (χ0v) is 12.1. The molecule has 1 atom stereocenters. The van der Waals surface area contributed by atoms with E-state index in [2.05, 4.69) is 31.0 Å². The standard InChI is InChI=1S/C14H30N2O/c1-5-14(6-2)8-10-16(11-14)9-7-13(3,12-17)15-4/h15,17H,5-12H2,1-4H3. The van der Waals surface area contributed by atoms with Crippen molar-refractivity contribution in [3.8, 4) is 0 Å².